The van der Waals surface area contributed by atoms with Crippen LogP contribution >= 0.6 is 0 Å². The first kappa shape index (κ1) is 26.4. The third-order valence-corrected chi connectivity index (χ3v) is 4.80. The highest BCUT2D eigenvalue weighted by molar-refractivity contribution is 7.70. The fourth-order valence-electron chi connectivity index (χ4n) is 2.80. The molecule has 0 spiro atoms. The van der Waals surface area contributed by atoms with Crippen molar-refractivity contribution in [3.63, 3.8) is 0 Å². The number of carbonyl (C=O) groups excluding carboxylic acids is 1. The van der Waals surface area contributed by atoms with E-state index in [-0.39, 0.29) is 0 Å². The summed E-state index contributed by atoms with van der Waals surface area (Å²) >= 11 is 0. The van der Waals surface area contributed by atoms with Gasteiger partial charge in [-0.25, -0.2) is 13.2 Å². The summed E-state index contributed by atoms with van der Waals surface area (Å²) < 4.78 is 29.5. The van der Waals surface area contributed by atoms with Crippen molar-refractivity contribution >= 4 is 16.9 Å². The average Bonchev–Trinajstić information content (AvgIpc) is 2.63. The zero-order chi connectivity index (χ0) is 21.2. The van der Waals surface area contributed by atoms with Gasteiger partial charge in [0.2, 0.25) is 10.9 Å². The maximum absolute atomic E-state index is 12.3. The van der Waals surface area contributed by atoms with Crippen LogP contribution in [0.1, 0.15) is 91.9 Å². The summed E-state index contributed by atoms with van der Waals surface area (Å²) in [6, 6.07) is 0. The van der Waals surface area contributed by atoms with E-state index in [4.69, 9.17) is 4.74 Å². The predicted molar refractivity (Wildman–Crippen MR) is 118 cm³/mol. The number of nitrogens with one attached hydrogen (secondary N) is 1. The molecule has 5 nitrogen and oxygen atoms in total. The minimum atomic E-state index is -2.79. The highest BCUT2D eigenvalue weighted by Crippen LogP contribution is 2.13. The highest BCUT2D eigenvalue weighted by atomic mass is 32.2. The van der Waals surface area contributed by atoms with Crippen LogP contribution in [0.4, 0.5) is 0 Å². The second-order valence-corrected chi connectivity index (χ2v) is 7.94. The molecule has 0 unspecified atom stereocenters. The van der Waals surface area contributed by atoms with Crippen molar-refractivity contribution in [1.29, 1.82) is 0 Å². The van der Waals surface area contributed by atoms with Crippen LogP contribution in [0.3, 0.4) is 0 Å². The van der Waals surface area contributed by atoms with Gasteiger partial charge in [0.15, 0.2) is 0 Å². The van der Waals surface area contributed by atoms with Crippen LogP contribution in [0, 0.1) is 0 Å². The lowest BCUT2D eigenvalue weighted by Gasteiger charge is -2.09. The molecule has 0 fully saturated rings. The van der Waals surface area contributed by atoms with E-state index in [0.29, 0.717) is 17.9 Å². The third kappa shape index (κ3) is 14.5. The maximum Gasteiger partial charge on any atom is 0.338 e. The van der Waals surface area contributed by atoms with Crippen LogP contribution in [0.25, 0.3) is 0 Å². The summed E-state index contributed by atoms with van der Waals surface area (Å²) in [5.74, 6) is -0.416. The van der Waals surface area contributed by atoms with Crippen LogP contribution in [-0.2, 0) is 20.4 Å². The Kier molecular flexibility index (Phi) is 16.6. The van der Waals surface area contributed by atoms with E-state index in [1.165, 1.54) is 57.4 Å². The maximum atomic E-state index is 12.3. The first-order chi connectivity index (χ1) is 13.4. The van der Waals surface area contributed by atoms with Crippen molar-refractivity contribution in [2.75, 3.05) is 6.61 Å². The van der Waals surface area contributed by atoms with Gasteiger partial charge in [-0.15, -0.1) is 0 Å². The normalized spacial score (nSPS) is 11.8. The fraction of sp³-hybridized carbons (Fsp3) is 0.682. The molecule has 0 radical (unpaired) electrons. The van der Waals surface area contributed by atoms with Crippen LogP contribution in [0.15, 0.2) is 35.1 Å². The quantitative estimate of drug-likeness (QED) is 0.117. The molecule has 1 N–H and O–H groups in total. The van der Waals surface area contributed by atoms with E-state index in [9.17, 15) is 13.2 Å². The molecule has 162 valence electrons. The van der Waals surface area contributed by atoms with Gasteiger partial charge >= 0.3 is 5.97 Å². The standard InChI is InChI=1S/C22H39NO4S/c1-5-7-8-9-10-11-12-13-14-15-17-27-22(24)21(19(3)4)18-20(16-6-2)23-28(25)26/h6,16,18,28H,5,7-15,17H2,1-4H3,(H,23,25,26)/b16-6-,20-18+. The van der Waals surface area contributed by atoms with Crippen molar-refractivity contribution < 1.29 is 17.9 Å². The third-order valence-electron chi connectivity index (χ3n) is 4.36. The molecule has 0 aromatic rings. The molecule has 0 saturated heterocycles. The van der Waals surface area contributed by atoms with Crippen LogP contribution in [-0.4, -0.2) is 21.0 Å². The molecule has 0 aromatic carbocycles. The second kappa shape index (κ2) is 17.5. The number of hydrogen-bond donors (Lipinski definition) is 2. The van der Waals surface area contributed by atoms with Crippen molar-refractivity contribution in [1.82, 2.24) is 4.72 Å². The van der Waals surface area contributed by atoms with E-state index in [2.05, 4.69) is 11.6 Å². The summed E-state index contributed by atoms with van der Waals surface area (Å²) in [6.07, 6.45) is 17.1. The molecule has 0 aromatic heterocycles. The molecule has 0 heterocycles. The second-order valence-electron chi connectivity index (χ2n) is 7.20. The first-order valence-corrected chi connectivity index (χ1v) is 11.7. The van der Waals surface area contributed by atoms with Crippen LogP contribution < -0.4 is 4.72 Å². The Bertz CT molecular complexity index is 592. The molecule has 0 atom stereocenters. The number of thiol groups is 1. The van der Waals surface area contributed by atoms with Gasteiger partial charge in [-0.3, -0.25) is 4.72 Å². The Morgan fingerprint density at radius 1 is 0.929 bits per heavy atom. The Balaban J connectivity index is 4.24. The summed E-state index contributed by atoms with van der Waals surface area (Å²) in [4.78, 5) is 12.3. The summed E-state index contributed by atoms with van der Waals surface area (Å²) in [5, 5.41) is 0. The fourth-order valence-corrected chi connectivity index (χ4v) is 3.15. The lowest BCUT2D eigenvalue weighted by atomic mass is 10.1. The molecule has 6 heteroatoms. The van der Waals surface area contributed by atoms with Gasteiger partial charge in [0.25, 0.3) is 0 Å². The smallest absolute Gasteiger partial charge is 0.338 e. The van der Waals surface area contributed by atoms with Gasteiger partial charge in [-0.1, -0.05) is 76.4 Å². The molecule has 0 bridgehead atoms. The number of esters is 1. The van der Waals surface area contributed by atoms with Crippen molar-refractivity contribution in [2.24, 2.45) is 0 Å². The number of ether oxygens (including phenoxy) is 1. The van der Waals surface area contributed by atoms with Crippen LogP contribution in [0.5, 0.6) is 0 Å². The Morgan fingerprint density at radius 3 is 1.93 bits per heavy atom. The molecular weight excluding hydrogens is 374 g/mol. The summed E-state index contributed by atoms with van der Waals surface area (Å²) in [7, 11) is -2.79. The van der Waals surface area contributed by atoms with Gasteiger partial charge in [-0.05, 0) is 39.3 Å². The van der Waals surface area contributed by atoms with Gasteiger partial charge in [0.1, 0.15) is 0 Å². The van der Waals surface area contributed by atoms with E-state index in [1.54, 1.807) is 32.9 Å². The molecule has 0 aliphatic carbocycles. The lowest BCUT2D eigenvalue weighted by Crippen LogP contribution is -2.13. The van der Waals surface area contributed by atoms with E-state index >= 15 is 0 Å². The van der Waals surface area contributed by atoms with E-state index in [0.717, 1.165) is 18.4 Å². The lowest BCUT2D eigenvalue weighted by molar-refractivity contribution is -0.138. The molecular formula is C22H39NO4S. The molecule has 0 aliphatic rings. The van der Waals surface area contributed by atoms with Gasteiger partial charge in [0, 0.05) is 5.70 Å². The van der Waals surface area contributed by atoms with Gasteiger partial charge in [-0.2, -0.15) is 0 Å². The van der Waals surface area contributed by atoms with E-state index in [1.807, 2.05) is 0 Å². The Labute approximate surface area is 173 Å². The molecule has 28 heavy (non-hydrogen) atoms. The monoisotopic (exact) mass is 413 g/mol. The van der Waals surface area contributed by atoms with E-state index < -0.39 is 16.9 Å². The largest absolute Gasteiger partial charge is 0.462 e. The summed E-state index contributed by atoms with van der Waals surface area (Å²) in [6.45, 7) is 8.01. The highest BCUT2D eigenvalue weighted by Gasteiger charge is 2.11. The number of carbonyl (C=O) groups is 1. The van der Waals surface area contributed by atoms with Gasteiger partial charge in [0.05, 0.1) is 12.2 Å². The Hall–Kier alpha value is -1.56. The minimum Gasteiger partial charge on any atom is -0.462 e. The SMILES string of the molecule is C/C=C\C(=C/C(C(=O)OCCCCCCCCCCCC)=C(C)C)N[SH](=O)=O. The van der Waals surface area contributed by atoms with Crippen LogP contribution in [0.2, 0.25) is 0 Å². The van der Waals surface area contributed by atoms with Crippen molar-refractivity contribution in [3.05, 3.63) is 35.1 Å². The molecule has 0 aliphatic heterocycles. The summed E-state index contributed by atoms with van der Waals surface area (Å²) in [5.41, 5.74) is 1.49. The number of allylic oxidation sites excluding steroid dienone is 3. The van der Waals surface area contributed by atoms with Crippen molar-refractivity contribution in [2.45, 2.75) is 91.9 Å². The number of unbranched alkanes of at least 4 members (excludes halogenated alkanes) is 9. The number of rotatable bonds is 16. The molecule has 0 amide bonds. The topological polar surface area (TPSA) is 72.5 Å². The molecule has 0 saturated carbocycles. The zero-order valence-electron chi connectivity index (χ0n) is 18.1. The van der Waals surface area contributed by atoms with Gasteiger partial charge < -0.3 is 4.74 Å². The molecule has 0 rings (SSSR count). The zero-order valence-corrected chi connectivity index (χ0v) is 19.0. The Morgan fingerprint density at radius 2 is 1.46 bits per heavy atom. The number of hydrogen-bond acceptors (Lipinski definition) is 4. The van der Waals surface area contributed by atoms with Crippen molar-refractivity contribution in [3.8, 4) is 0 Å². The minimum absolute atomic E-state index is 0.339. The predicted octanol–water partition coefficient (Wildman–Crippen LogP) is 5.36. The first-order valence-electron chi connectivity index (χ1n) is 10.5. The average molecular weight is 414 g/mol.